The molecule has 2 heterocycles. The highest BCUT2D eigenvalue weighted by atomic mass is 35.5. The molecule has 0 radical (unpaired) electrons. The molecule has 1 fully saturated rings. The molecule has 5 rings (SSSR count). The number of nitrogens with zero attached hydrogens (tertiary/aromatic N) is 3. The first-order valence-corrected chi connectivity index (χ1v) is 11.6. The van der Waals surface area contributed by atoms with Gasteiger partial charge < -0.3 is 14.9 Å². The average Bonchev–Trinajstić information content (AvgIpc) is 2.85. The zero-order chi connectivity index (χ0) is 23.7. The second-order valence-corrected chi connectivity index (χ2v) is 8.99. The third-order valence-corrected chi connectivity index (χ3v) is 6.53. The highest BCUT2D eigenvalue weighted by molar-refractivity contribution is 6.30. The lowest BCUT2D eigenvalue weighted by atomic mass is 10.00. The molecule has 1 aliphatic heterocycles. The van der Waals surface area contributed by atoms with Gasteiger partial charge in [-0.1, -0.05) is 29.8 Å². The van der Waals surface area contributed by atoms with E-state index in [2.05, 4.69) is 39.0 Å². The Morgan fingerprint density at radius 3 is 2.29 bits per heavy atom. The fraction of sp³-hybridized carbons (Fsp3) is 0.185. The summed E-state index contributed by atoms with van der Waals surface area (Å²) in [5, 5.41) is 12.3. The van der Waals surface area contributed by atoms with Crippen molar-refractivity contribution in [3.8, 4) is 17.0 Å². The van der Waals surface area contributed by atoms with Gasteiger partial charge >= 0.3 is 0 Å². The number of nitrogens with one attached hydrogen (secondary N) is 1. The van der Waals surface area contributed by atoms with Gasteiger partial charge in [0.05, 0.1) is 11.3 Å². The normalized spacial score (nSPS) is 14.8. The number of aliphatic imine (C=N–C) groups is 1. The first-order valence-electron chi connectivity index (χ1n) is 11.2. The number of likely N-dealkylation sites (N-methyl/N-ethyl adjacent to an activating group) is 1. The minimum atomic E-state index is -0.344. The Bertz CT molecular complexity index is 1400. The molecule has 34 heavy (non-hydrogen) atoms. The number of H-pyrrole nitrogens is 1. The lowest BCUT2D eigenvalue weighted by molar-refractivity contribution is 0.313. The zero-order valence-electron chi connectivity index (χ0n) is 18.8. The van der Waals surface area contributed by atoms with Crippen molar-refractivity contribution in [1.82, 2.24) is 9.88 Å². The van der Waals surface area contributed by atoms with E-state index < -0.39 is 0 Å². The molecule has 0 aliphatic carbocycles. The Morgan fingerprint density at radius 1 is 0.912 bits per heavy atom. The molecular formula is C27H25ClN4O2. The minimum absolute atomic E-state index is 0.205. The summed E-state index contributed by atoms with van der Waals surface area (Å²) >= 11 is 6.02. The number of fused-ring (bicyclic) bond motifs is 1. The topological polar surface area (TPSA) is 71.9 Å². The van der Waals surface area contributed by atoms with Crippen LogP contribution in [-0.2, 0) is 0 Å². The lowest BCUT2D eigenvalue weighted by Crippen LogP contribution is -2.44. The van der Waals surface area contributed by atoms with Gasteiger partial charge in [-0.15, -0.1) is 0 Å². The quantitative estimate of drug-likeness (QED) is 0.407. The number of aromatic amines is 1. The van der Waals surface area contributed by atoms with Crippen LogP contribution in [-0.4, -0.2) is 54.4 Å². The predicted octanol–water partition coefficient (Wildman–Crippen LogP) is 5.06. The third-order valence-electron chi connectivity index (χ3n) is 6.28. The molecule has 0 atom stereocenters. The van der Waals surface area contributed by atoms with Gasteiger partial charge in [-0.2, -0.15) is 0 Å². The first-order chi connectivity index (χ1) is 16.5. The van der Waals surface area contributed by atoms with Crippen LogP contribution < -0.4 is 10.5 Å². The summed E-state index contributed by atoms with van der Waals surface area (Å²) in [5.41, 5.74) is 3.95. The molecule has 4 aromatic rings. The lowest BCUT2D eigenvalue weighted by Gasteiger charge is -2.34. The number of piperazine rings is 1. The molecule has 1 aliphatic rings. The molecule has 0 unspecified atom stereocenters. The second-order valence-electron chi connectivity index (χ2n) is 8.55. The number of anilines is 1. The number of aromatic hydroxyl groups is 1. The average molecular weight is 473 g/mol. The van der Waals surface area contributed by atoms with E-state index in [1.165, 1.54) is 5.69 Å². The molecule has 172 valence electrons. The fourth-order valence-corrected chi connectivity index (χ4v) is 4.37. The van der Waals surface area contributed by atoms with Crippen molar-refractivity contribution in [2.45, 2.75) is 0 Å². The molecule has 7 heteroatoms. The molecule has 0 saturated carbocycles. The van der Waals surface area contributed by atoms with Crippen LogP contribution in [0.1, 0.15) is 5.56 Å². The maximum absolute atomic E-state index is 12.4. The number of aromatic nitrogens is 1. The van der Waals surface area contributed by atoms with Crippen LogP contribution in [0.3, 0.4) is 0 Å². The van der Waals surface area contributed by atoms with E-state index in [-0.39, 0.29) is 11.4 Å². The molecular weight excluding hydrogens is 448 g/mol. The predicted molar refractivity (Wildman–Crippen MR) is 140 cm³/mol. The Balaban J connectivity index is 1.47. The number of hydrogen-bond acceptors (Lipinski definition) is 5. The van der Waals surface area contributed by atoms with Gasteiger partial charge in [-0.25, -0.2) is 0 Å². The van der Waals surface area contributed by atoms with E-state index in [0.29, 0.717) is 21.4 Å². The van der Waals surface area contributed by atoms with E-state index in [9.17, 15) is 9.90 Å². The van der Waals surface area contributed by atoms with Gasteiger partial charge in [0.25, 0.3) is 5.56 Å². The van der Waals surface area contributed by atoms with Gasteiger partial charge in [-0.05, 0) is 66.7 Å². The van der Waals surface area contributed by atoms with Crippen LogP contribution in [0.5, 0.6) is 5.88 Å². The van der Waals surface area contributed by atoms with Crippen molar-refractivity contribution in [2.75, 3.05) is 38.1 Å². The van der Waals surface area contributed by atoms with Crippen molar-refractivity contribution >= 4 is 40.0 Å². The minimum Gasteiger partial charge on any atom is -0.494 e. The standard InChI is InChI=1S/C27H25ClN4O2/c1-31-12-14-32(15-13-31)22-9-7-21(8-10-22)29-17-25-24-16-19(18-2-5-20(28)6-3-18)4-11-23(24)26(33)30-27(25)34/h2-11,16-17H,12-15H2,1H3,(H2,30,33,34). The Hall–Kier alpha value is -3.61. The zero-order valence-corrected chi connectivity index (χ0v) is 19.6. The van der Waals surface area contributed by atoms with Gasteiger partial charge in [0.1, 0.15) is 0 Å². The molecule has 2 N–H and O–H groups in total. The second kappa shape index (κ2) is 9.33. The number of hydrogen-bond donors (Lipinski definition) is 2. The number of pyridine rings is 1. The summed E-state index contributed by atoms with van der Waals surface area (Å²) in [7, 11) is 2.14. The smallest absolute Gasteiger partial charge is 0.258 e. The number of rotatable bonds is 4. The highest BCUT2D eigenvalue weighted by Gasteiger charge is 2.14. The van der Waals surface area contributed by atoms with E-state index in [0.717, 1.165) is 43.0 Å². The van der Waals surface area contributed by atoms with Crippen LogP contribution in [0.2, 0.25) is 5.02 Å². The van der Waals surface area contributed by atoms with Gasteiger partial charge in [0.2, 0.25) is 5.88 Å². The molecule has 3 aromatic carbocycles. The monoisotopic (exact) mass is 472 g/mol. The van der Waals surface area contributed by atoms with Crippen LogP contribution in [0, 0.1) is 0 Å². The molecule has 0 spiro atoms. The summed E-state index contributed by atoms with van der Waals surface area (Å²) in [6, 6.07) is 21.1. The summed E-state index contributed by atoms with van der Waals surface area (Å²) in [6.45, 7) is 4.12. The largest absolute Gasteiger partial charge is 0.494 e. The van der Waals surface area contributed by atoms with Crippen LogP contribution in [0.25, 0.3) is 21.9 Å². The molecule has 1 saturated heterocycles. The molecule has 0 bridgehead atoms. The van der Waals surface area contributed by atoms with Crippen molar-refractivity contribution in [2.24, 2.45) is 4.99 Å². The van der Waals surface area contributed by atoms with Gasteiger partial charge in [-0.3, -0.25) is 14.8 Å². The maximum Gasteiger partial charge on any atom is 0.258 e. The van der Waals surface area contributed by atoms with E-state index in [4.69, 9.17) is 11.6 Å². The summed E-state index contributed by atoms with van der Waals surface area (Å²) in [5.74, 6) is -0.205. The van der Waals surface area contributed by atoms with Crippen LogP contribution >= 0.6 is 11.6 Å². The highest BCUT2D eigenvalue weighted by Crippen LogP contribution is 2.29. The van der Waals surface area contributed by atoms with E-state index >= 15 is 0 Å². The maximum atomic E-state index is 12.4. The Labute approximate surface area is 202 Å². The van der Waals surface area contributed by atoms with E-state index in [1.807, 2.05) is 48.5 Å². The summed E-state index contributed by atoms with van der Waals surface area (Å²) in [4.78, 5) is 24.2. The Kier molecular flexibility index (Phi) is 6.09. The number of benzene rings is 3. The van der Waals surface area contributed by atoms with Crippen molar-refractivity contribution in [3.63, 3.8) is 0 Å². The van der Waals surface area contributed by atoms with Crippen molar-refractivity contribution < 1.29 is 5.11 Å². The molecule has 1 aromatic heterocycles. The van der Waals surface area contributed by atoms with Crippen molar-refractivity contribution in [3.05, 3.63) is 87.7 Å². The third kappa shape index (κ3) is 4.55. The first kappa shape index (κ1) is 22.2. The van der Waals surface area contributed by atoms with Crippen LogP contribution in [0.4, 0.5) is 11.4 Å². The SMILES string of the molecule is CN1CCN(c2ccc(N=Cc3c(O)[nH]c(=O)c4ccc(-c5ccc(Cl)cc5)cc34)cc2)CC1. The van der Waals surface area contributed by atoms with E-state index in [1.54, 1.807) is 12.3 Å². The number of halogens is 1. The van der Waals surface area contributed by atoms with Gasteiger partial charge in [0, 0.05) is 53.9 Å². The molecule has 0 amide bonds. The van der Waals surface area contributed by atoms with Crippen LogP contribution in [0.15, 0.2) is 76.5 Å². The van der Waals surface area contributed by atoms with Gasteiger partial charge in [0.15, 0.2) is 0 Å². The summed E-state index contributed by atoms with van der Waals surface area (Å²) in [6.07, 6.45) is 1.60. The molecule has 6 nitrogen and oxygen atoms in total. The van der Waals surface area contributed by atoms with Crippen molar-refractivity contribution in [1.29, 1.82) is 0 Å². The Morgan fingerprint density at radius 2 is 1.59 bits per heavy atom. The summed E-state index contributed by atoms with van der Waals surface area (Å²) < 4.78 is 0. The fourth-order valence-electron chi connectivity index (χ4n) is 4.24.